The van der Waals surface area contributed by atoms with E-state index in [-0.39, 0.29) is 0 Å². The number of hydrogen-bond acceptors (Lipinski definition) is 4. The van der Waals surface area contributed by atoms with Crippen molar-refractivity contribution in [1.82, 2.24) is 38.2 Å². The van der Waals surface area contributed by atoms with Gasteiger partial charge in [-0.3, -0.25) is 0 Å². The van der Waals surface area contributed by atoms with Crippen LogP contribution in [0.4, 0.5) is 0 Å². The van der Waals surface area contributed by atoms with Gasteiger partial charge in [0.15, 0.2) is 0 Å². The van der Waals surface area contributed by atoms with E-state index in [4.69, 9.17) is 0 Å². The molecule has 6 rings (SSSR count). The molecule has 0 fully saturated rings. The van der Waals surface area contributed by atoms with Crippen molar-refractivity contribution in [3.05, 3.63) is 131 Å². The highest BCUT2D eigenvalue weighted by Gasteiger charge is 2.25. The second-order valence-electron chi connectivity index (χ2n) is 11.4. The second kappa shape index (κ2) is 11.3. The Hall–Kier alpha value is -4.72. The van der Waals surface area contributed by atoms with E-state index in [1.165, 1.54) is 66.8 Å². The first kappa shape index (κ1) is 27.4. The van der Waals surface area contributed by atoms with Gasteiger partial charge in [-0.15, -0.1) is 0 Å². The molecule has 0 aliphatic carbocycles. The van der Waals surface area contributed by atoms with Crippen LogP contribution >= 0.6 is 0 Å². The zero-order valence-electron chi connectivity index (χ0n) is 25.3. The van der Waals surface area contributed by atoms with Crippen LogP contribution in [0.15, 0.2) is 74.9 Å². The van der Waals surface area contributed by atoms with Gasteiger partial charge >= 0.3 is 0 Å². The van der Waals surface area contributed by atoms with Crippen LogP contribution in [0.1, 0.15) is 55.6 Å². The molecule has 0 amide bonds. The Bertz CT molecular complexity index is 1540. The lowest BCUT2D eigenvalue weighted by molar-refractivity contribution is 0.757. The number of imidazole rings is 4. The summed E-state index contributed by atoms with van der Waals surface area (Å²) in [6.07, 6.45) is 23.2. The molecular formula is C34H38N8. The van der Waals surface area contributed by atoms with Crippen molar-refractivity contribution in [2.75, 3.05) is 0 Å². The Balaban J connectivity index is 1.63. The number of rotatable bonds is 9. The largest absolute Gasteiger partial charge is 0.333 e. The van der Waals surface area contributed by atoms with Crippen molar-refractivity contribution in [1.29, 1.82) is 0 Å². The van der Waals surface area contributed by atoms with Gasteiger partial charge in [0, 0.05) is 75.8 Å². The predicted octanol–water partition coefficient (Wildman–Crippen LogP) is 6.18. The molecule has 4 aromatic heterocycles. The quantitative estimate of drug-likeness (QED) is 0.212. The second-order valence-corrected chi connectivity index (χ2v) is 11.4. The minimum Gasteiger partial charge on any atom is -0.333 e. The third kappa shape index (κ3) is 4.98. The van der Waals surface area contributed by atoms with Crippen LogP contribution in [0, 0.1) is 41.5 Å². The molecule has 0 saturated carbocycles. The Morgan fingerprint density at radius 2 is 0.619 bits per heavy atom. The molecule has 214 valence electrons. The molecule has 0 atom stereocenters. The lowest BCUT2D eigenvalue weighted by atomic mass is 9.79. The maximum atomic E-state index is 4.33. The highest BCUT2D eigenvalue weighted by atomic mass is 15.0. The van der Waals surface area contributed by atoms with E-state index < -0.39 is 0 Å². The van der Waals surface area contributed by atoms with Gasteiger partial charge in [-0.1, -0.05) is 0 Å². The normalized spacial score (nSPS) is 11.5. The van der Waals surface area contributed by atoms with E-state index in [0.717, 1.165) is 26.2 Å². The van der Waals surface area contributed by atoms with Crippen molar-refractivity contribution in [3.63, 3.8) is 0 Å². The molecule has 6 aromatic rings. The standard InChI is InChI=1S/C34H38N8/c1-23-29(15-39-11-7-35-19-39)25(3)33(26(4)30(23)16-40-12-8-36-20-40)34-27(5)31(17-41-13-9-37-21-41)24(2)32(28(34)6)18-42-14-10-38-22-42/h7-14,19-22H,15-18H2,1-6H3. The van der Waals surface area contributed by atoms with Gasteiger partial charge in [0.25, 0.3) is 0 Å². The first-order valence-corrected chi connectivity index (χ1v) is 14.4. The van der Waals surface area contributed by atoms with Gasteiger partial charge < -0.3 is 18.3 Å². The first-order valence-electron chi connectivity index (χ1n) is 14.4. The SMILES string of the molecule is Cc1c(Cn2ccnc2)c(C)c(-c2c(C)c(Cn3ccnc3)c(C)c(Cn3ccnc3)c2C)c(C)c1Cn1ccnc1. The Kier molecular flexibility index (Phi) is 7.37. The average molecular weight is 559 g/mol. The number of aromatic nitrogens is 8. The van der Waals surface area contributed by atoms with Gasteiger partial charge in [0.05, 0.1) is 25.3 Å². The van der Waals surface area contributed by atoms with Gasteiger partial charge in [-0.25, -0.2) is 19.9 Å². The molecule has 0 aliphatic heterocycles. The molecule has 0 N–H and O–H groups in total. The number of nitrogens with zero attached hydrogens (tertiary/aromatic N) is 8. The molecule has 0 saturated heterocycles. The van der Waals surface area contributed by atoms with Crippen molar-refractivity contribution in [3.8, 4) is 11.1 Å². The lowest BCUT2D eigenvalue weighted by Crippen LogP contribution is -2.14. The fourth-order valence-electron chi connectivity index (χ4n) is 6.61. The van der Waals surface area contributed by atoms with Gasteiger partial charge in [-0.2, -0.15) is 0 Å². The van der Waals surface area contributed by atoms with Crippen LogP contribution in [0.5, 0.6) is 0 Å². The molecule has 0 unspecified atom stereocenters. The maximum Gasteiger partial charge on any atom is 0.0949 e. The van der Waals surface area contributed by atoms with Crippen LogP contribution in [0.3, 0.4) is 0 Å². The summed E-state index contributed by atoms with van der Waals surface area (Å²) in [7, 11) is 0. The molecule has 0 bridgehead atoms. The van der Waals surface area contributed by atoms with Gasteiger partial charge in [-0.05, 0) is 108 Å². The van der Waals surface area contributed by atoms with E-state index in [0.29, 0.717) is 0 Å². The fraction of sp³-hybridized carbons (Fsp3) is 0.294. The predicted molar refractivity (Wildman–Crippen MR) is 166 cm³/mol. The summed E-state index contributed by atoms with van der Waals surface area (Å²) in [5, 5.41) is 0. The molecular weight excluding hydrogens is 520 g/mol. The van der Waals surface area contributed by atoms with E-state index in [1.54, 1.807) is 0 Å². The van der Waals surface area contributed by atoms with Crippen molar-refractivity contribution < 1.29 is 0 Å². The molecule has 8 heteroatoms. The van der Waals surface area contributed by atoms with E-state index in [2.05, 4.69) is 79.7 Å². The van der Waals surface area contributed by atoms with E-state index >= 15 is 0 Å². The maximum absolute atomic E-state index is 4.33. The highest BCUT2D eigenvalue weighted by molar-refractivity contribution is 5.82. The topological polar surface area (TPSA) is 71.3 Å². The Morgan fingerprint density at radius 3 is 0.810 bits per heavy atom. The molecule has 0 aliphatic rings. The van der Waals surface area contributed by atoms with E-state index in [9.17, 15) is 0 Å². The minimum atomic E-state index is 0.773. The Labute approximate surface area is 247 Å². The van der Waals surface area contributed by atoms with Gasteiger partial charge in [0.1, 0.15) is 0 Å². The van der Waals surface area contributed by atoms with Crippen LogP contribution in [0.25, 0.3) is 11.1 Å². The monoisotopic (exact) mass is 558 g/mol. The lowest BCUT2D eigenvalue weighted by Gasteiger charge is -2.28. The zero-order chi connectivity index (χ0) is 29.4. The number of hydrogen-bond donors (Lipinski definition) is 0. The Morgan fingerprint density at radius 1 is 0.381 bits per heavy atom. The summed E-state index contributed by atoms with van der Waals surface area (Å²) in [6.45, 7) is 16.8. The summed E-state index contributed by atoms with van der Waals surface area (Å²) >= 11 is 0. The van der Waals surface area contributed by atoms with Crippen LogP contribution < -0.4 is 0 Å². The molecule has 42 heavy (non-hydrogen) atoms. The van der Waals surface area contributed by atoms with Crippen molar-refractivity contribution in [2.24, 2.45) is 0 Å². The molecule has 4 heterocycles. The third-order valence-electron chi connectivity index (χ3n) is 8.97. The fourth-order valence-corrected chi connectivity index (χ4v) is 6.61. The average Bonchev–Trinajstić information content (AvgIpc) is 3.80. The molecule has 2 aromatic carbocycles. The van der Waals surface area contributed by atoms with Crippen LogP contribution in [-0.2, 0) is 26.2 Å². The molecule has 8 nitrogen and oxygen atoms in total. The third-order valence-corrected chi connectivity index (χ3v) is 8.97. The minimum absolute atomic E-state index is 0.773. The number of benzene rings is 2. The van der Waals surface area contributed by atoms with Crippen LogP contribution in [0.2, 0.25) is 0 Å². The molecule has 0 radical (unpaired) electrons. The summed E-state index contributed by atoms with van der Waals surface area (Å²) in [5.41, 5.74) is 16.0. The van der Waals surface area contributed by atoms with Crippen molar-refractivity contribution in [2.45, 2.75) is 67.7 Å². The van der Waals surface area contributed by atoms with Gasteiger partial charge in [0.2, 0.25) is 0 Å². The zero-order valence-corrected chi connectivity index (χ0v) is 25.3. The van der Waals surface area contributed by atoms with E-state index in [1.807, 2.05) is 74.9 Å². The highest BCUT2D eigenvalue weighted by Crippen LogP contribution is 2.42. The smallest absolute Gasteiger partial charge is 0.0949 e. The molecule has 0 spiro atoms. The first-order chi connectivity index (χ1) is 20.3. The van der Waals surface area contributed by atoms with Crippen LogP contribution in [-0.4, -0.2) is 38.2 Å². The summed E-state index contributed by atoms with van der Waals surface area (Å²) in [6, 6.07) is 0. The summed E-state index contributed by atoms with van der Waals surface area (Å²) in [5.74, 6) is 0. The van der Waals surface area contributed by atoms with Crippen molar-refractivity contribution >= 4 is 0 Å². The summed E-state index contributed by atoms with van der Waals surface area (Å²) in [4.78, 5) is 17.3. The summed E-state index contributed by atoms with van der Waals surface area (Å²) < 4.78 is 8.66.